The topological polar surface area (TPSA) is 132 Å². The lowest BCUT2D eigenvalue weighted by atomic mass is 10.1. The van der Waals surface area contributed by atoms with Crippen molar-refractivity contribution in [3.63, 3.8) is 0 Å². The highest BCUT2D eigenvalue weighted by molar-refractivity contribution is 8.01. The van der Waals surface area contributed by atoms with Gasteiger partial charge in [-0.1, -0.05) is 18.2 Å². The summed E-state index contributed by atoms with van der Waals surface area (Å²) < 4.78 is 44.9. The fourth-order valence-electron chi connectivity index (χ4n) is 3.98. The molecule has 0 aliphatic carbocycles. The quantitative estimate of drug-likeness (QED) is 0.402. The second kappa shape index (κ2) is 13.1. The van der Waals surface area contributed by atoms with Crippen molar-refractivity contribution in [2.45, 2.75) is 62.1 Å². The van der Waals surface area contributed by atoms with Gasteiger partial charge in [0.1, 0.15) is 22.9 Å². The van der Waals surface area contributed by atoms with E-state index >= 15 is 0 Å². The van der Waals surface area contributed by atoms with Gasteiger partial charge in [-0.2, -0.15) is 0 Å². The molecule has 0 aromatic heterocycles. The van der Waals surface area contributed by atoms with Crippen LogP contribution in [0.3, 0.4) is 0 Å². The van der Waals surface area contributed by atoms with Crippen LogP contribution >= 0.6 is 11.8 Å². The van der Waals surface area contributed by atoms with Crippen LogP contribution in [-0.4, -0.2) is 85.6 Å². The predicted octanol–water partition coefficient (Wildman–Crippen LogP) is 3.28. The summed E-state index contributed by atoms with van der Waals surface area (Å²) in [5, 5.41) is 2.26. The number of carbonyl (C=O) groups is 3. The number of thioether (sulfide) groups is 1. The maximum Gasteiger partial charge on any atom is 0.414 e. The zero-order valence-corrected chi connectivity index (χ0v) is 25.9. The van der Waals surface area contributed by atoms with Gasteiger partial charge in [0.05, 0.1) is 18.1 Å². The average molecular weight is 608 g/mol. The minimum absolute atomic E-state index is 0.177. The van der Waals surface area contributed by atoms with Gasteiger partial charge < -0.3 is 19.1 Å². The summed E-state index contributed by atoms with van der Waals surface area (Å²) >= 11 is 1.27. The molecule has 0 radical (unpaired) electrons. The highest BCUT2D eigenvalue weighted by Gasteiger charge is 2.46. The van der Waals surface area contributed by atoms with E-state index in [4.69, 9.17) is 14.2 Å². The minimum Gasteiger partial charge on any atom is -0.497 e. The van der Waals surface area contributed by atoms with Gasteiger partial charge in [-0.25, -0.2) is 22.3 Å². The van der Waals surface area contributed by atoms with Gasteiger partial charge in [-0.3, -0.25) is 10.1 Å². The Hall–Kier alpha value is -3.29. The van der Waals surface area contributed by atoms with Crippen LogP contribution < -0.4 is 14.8 Å². The van der Waals surface area contributed by atoms with Crippen LogP contribution in [0.15, 0.2) is 53.4 Å². The van der Waals surface area contributed by atoms with E-state index < -0.39 is 51.1 Å². The summed E-state index contributed by atoms with van der Waals surface area (Å²) in [5.74, 6) is -0.558. The summed E-state index contributed by atoms with van der Waals surface area (Å²) in [7, 11) is -0.0652. The van der Waals surface area contributed by atoms with Gasteiger partial charge in [0.25, 0.3) is 15.9 Å². The molecule has 0 unspecified atom stereocenters. The smallest absolute Gasteiger partial charge is 0.414 e. The lowest BCUT2D eigenvalue weighted by Crippen LogP contribution is -2.56. The van der Waals surface area contributed by atoms with Crippen LogP contribution in [0.4, 0.5) is 4.79 Å². The first-order chi connectivity index (χ1) is 19.1. The summed E-state index contributed by atoms with van der Waals surface area (Å²) in [4.78, 5) is 40.5. The monoisotopic (exact) mass is 607 g/mol. The van der Waals surface area contributed by atoms with Crippen molar-refractivity contribution in [1.29, 1.82) is 0 Å². The Morgan fingerprint density at radius 3 is 2.27 bits per heavy atom. The van der Waals surface area contributed by atoms with E-state index in [1.807, 2.05) is 13.8 Å². The largest absolute Gasteiger partial charge is 0.497 e. The fraction of sp³-hybridized carbons (Fsp3) is 0.464. The molecular weight excluding hydrogens is 570 g/mol. The normalized spacial score (nSPS) is 17.0. The molecule has 41 heavy (non-hydrogen) atoms. The molecule has 2 aromatic carbocycles. The lowest BCUT2D eigenvalue weighted by molar-refractivity contribution is -0.155. The van der Waals surface area contributed by atoms with Gasteiger partial charge in [0, 0.05) is 37.9 Å². The summed E-state index contributed by atoms with van der Waals surface area (Å²) in [6, 6.07) is 10.4. The van der Waals surface area contributed by atoms with Crippen LogP contribution in [0.5, 0.6) is 11.5 Å². The third kappa shape index (κ3) is 8.14. The van der Waals surface area contributed by atoms with Crippen molar-refractivity contribution in [3.05, 3.63) is 54.1 Å². The number of nitrogens with one attached hydrogen (secondary N) is 1. The second-order valence-electron chi connectivity index (χ2n) is 10.6. The van der Waals surface area contributed by atoms with Crippen LogP contribution in [0, 0.1) is 0 Å². The van der Waals surface area contributed by atoms with Gasteiger partial charge in [0.15, 0.2) is 0 Å². The maximum absolute atomic E-state index is 14.2. The minimum atomic E-state index is -4.57. The molecule has 0 bridgehead atoms. The van der Waals surface area contributed by atoms with E-state index in [-0.39, 0.29) is 22.8 Å². The van der Waals surface area contributed by atoms with Crippen LogP contribution in [0.1, 0.15) is 33.3 Å². The number of esters is 1. The molecule has 2 atom stereocenters. The van der Waals surface area contributed by atoms with E-state index in [0.29, 0.717) is 15.6 Å². The van der Waals surface area contributed by atoms with E-state index in [2.05, 4.69) is 5.32 Å². The van der Waals surface area contributed by atoms with Crippen molar-refractivity contribution in [3.8, 4) is 11.5 Å². The molecule has 1 aliphatic rings. The highest BCUT2D eigenvalue weighted by Crippen LogP contribution is 2.32. The fourth-order valence-corrected chi connectivity index (χ4v) is 6.95. The molecule has 224 valence electrons. The summed E-state index contributed by atoms with van der Waals surface area (Å²) in [5.41, 5.74) is 0.0933. The molecule has 2 amide bonds. The molecule has 1 saturated heterocycles. The van der Waals surface area contributed by atoms with Crippen molar-refractivity contribution in [2.24, 2.45) is 0 Å². The first kappa shape index (κ1) is 32.2. The Morgan fingerprint density at radius 1 is 1.07 bits per heavy atom. The van der Waals surface area contributed by atoms with Gasteiger partial charge >= 0.3 is 12.1 Å². The molecule has 11 nitrogen and oxygen atoms in total. The number of sulfonamides is 1. The molecule has 0 saturated carbocycles. The second-order valence-corrected chi connectivity index (χ2v) is 13.6. The number of hydrogen-bond acceptors (Lipinski definition) is 10. The summed E-state index contributed by atoms with van der Waals surface area (Å²) in [6.45, 7) is 7.09. The van der Waals surface area contributed by atoms with E-state index in [0.717, 1.165) is 0 Å². The number of rotatable bonds is 10. The highest BCUT2D eigenvalue weighted by atomic mass is 32.2. The van der Waals surface area contributed by atoms with Crippen molar-refractivity contribution in [1.82, 2.24) is 14.5 Å². The molecule has 1 heterocycles. The number of benzene rings is 2. The predicted molar refractivity (Wildman–Crippen MR) is 155 cm³/mol. The van der Waals surface area contributed by atoms with Gasteiger partial charge in [-0.05, 0) is 57.5 Å². The van der Waals surface area contributed by atoms with Crippen molar-refractivity contribution < 1.29 is 37.0 Å². The Labute approximate surface area is 245 Å². The van der Waals surface area contributed by atoms with Crippen molar-refractivity contribution >= 4 is 39.8 Å². The number of ether oxygens (including phenoxy) is 3. The van der Waals surface area contributed by atoms with E-state index in [1.165, 1.54) is 54.1 Å². The Balaban J connectivity index is 2.09. The van der Waals surface area contributed by atoms with Gasteiger partial charge in [-0.15, -0.1) is 11.8 Å². The maximum atomic E-state index is 14.2. The zero-order chi connectivity index (χ0) is 30.5. The molecular formula is C28H37N3O8S2. The molecule has 1 aliphatic heterocycles. The summed E-state index contributed by atoms with van der Waals surface area (Å²) in [6.07, 6.45) is -1.31. The zero-order valence-electron chi connectivity index (χ0n) is 24.2. The number of nitrogens with zero attached hydrogens (tertiary/aromatic N) is 2. The standard InChI is InChI=1S/C28H37N3O8S2/c1-18(2)38-26(33)23(15-19-11-13-20(14-12-19)39-27(34)30(5)6)31(25(32)24-29-28(3,4)17-40-24)41(35,36)22-10-8-9-21(16-22)37-7/h8-14,16,18,23-24,29H,15,17H2,1-7H3/t23-,24-/m0/s1. The van der Waals surface area contributed by atoms with Crippen LogP contribution in [0.25, 0.3) is 0 Å². The number of hydrogen-bond donors (Lipinski definition) is 1. The number of amides is 2. The Bertz CT molecular complexity index is 1360. The third-order valence-corrected chi connectivity index (χ3v) is 9.35. The first-order valence-electron chi connectivity index (χ1n) is 12.9. The molecule has 2 aromatic rings. The van der Waals surface area contributed by atoms with E-state index in [9.17, 15) is 22.8 Å². The number of methoxy groups -OCH3 is 1. The number of carbonyl (C=O) groups excluding carboxylic acids is 3. The lowest BCUT2D eigenvalue weighted by Gasteiger charge is -2.32. The van der Waals surface area contributed by atoms with E-state index in [1.54, 1.807) is 46.1 Å². The third-order valence-electron chi connectivity index (χ3n) is 6.00. The van der Waals surface area contributed by atoms with Gasteiger partial charge in [0.2, 0.25) is 0 Å². The SMILES string of the molecule is COc1cccc(S(=O)(=O)N(C(=O)[C@H]2NC(C)(C)CS2)[C@@H](Cc2ccc(OC(=O)N(C)C)cc2)C(=O)OC(C)C)c1. The Morgan fingerprint density at radius 2 is 1.73 bits per heavy atom. The molecule has 1 fully saturated rings. The average Bonchev–Trinajstić information content (AvgIpc) is 3.28. The molecule has 13 heteroatoms. The molecule has 3 rings (SSSR count). The first-order valence-corrected chi connectivity index (χ1v) is 15.4. The van der Waals surface area contributed by atoms with Crippen LogP contribution in [0.2, 0.25) is 0 Å². The van der Waals surface area contributed by atoms with Crippen LogP contribution in [-0.2, 0) is 30.8 Å². The molecule has 0 spiro atoms. The molecule has 1 N–H and O–H groups in total. The Kier molecular flexibility index (Phi) is 10.3. The van der Waals surface area contributed by atoms with Crippen molar-refractivity contribution in [2.75, 3.05) is 27.0 Å².